The Balaban J connectivity index is 2.01. The van der Waals surface area contributed by atoms with Gasteiger partial charge in [0.1, 0.15) is 0 Å². The summed E-state index contributed by atoms with van der Waals surface area (Å²) in [6, 6.07) is 0.399. The molecule has 1 saturated carbocycles. The fourth-order valence-corrected chi connectivity index (χ4v) is 3.71. The lowest BCUT2D eigenvalue weighted by atomic mass is 10.0. The van der Waals surface area contributed by atoms with E-state index in [9.17, 15) is 0 Å². The van der Waals surface area contributed by atoms with Crippen molar-refractivity contribution in [3.05, 3.63) is 16.1 Å². The quantitative estimate of drug-likeness (QED) is 0.810. The number of rotatable bonds is 4. The van der Waals surface area contributed by atoms with Crippen molar-refractivity contribution in [2.24, 2.45) is 0 Å². The van der Waals surface area contributed by atoms with Gasteiger partial charge in [0.25, 0.3) is 0 Å². The molecule has 0 aliphatic heterocycles. The molecule has 0 radical (unpaired) electrons. The fourth-order valence-electron chi connectivity index (χ4n) is 2.62. The Hall–Kier alpha value is -0.410. The standard InChI is InChI=1S/C14H24N2S/c1-3-15-11(2)13-10-17-14(16-13)12-8-6-4-5-7-9-12/h10-12,15H,3-9H2,1-2H3. The zero-order chi connectivity index (χ0) is 12.1. The van der Waals surface area contributed by atoms with Gasteiger partial charge in [-0.25, -0.2) is 4.98 Å². The smallest absolute Gasteiger partial charge is 0.0959 e. The molecule has 1 aliphatic carbocycles. The van der Waals surface area contributed by atoms with E-state index in [0.717, 1.165) is 12.5 Å². The molecule has 1 aromatic rings. The first-order chi connectivity index (χ1) is 8.31. The Kier molecular flexibility index (Phi) is 4.99. The van der Waals surface area contributed by atoms with Crippen LogP contribution in [0.25, 0.3) is 0 Å². The van der Waals surface area contributed by atoms with Crippen molar-refractivity contribution in [1.29, 1.82) is 0 Å². The van der Waals surface area contributed by atoms with Gasteiger partial charge in [0.15, 0.2) is 0 Å². The molecule has 3 heteroatoms. The van der Waals surface area contributed by atoms with Gasteiger partial charge in [-0.3, -0.25) is 0 Å². The number of hydrogen-bond acceptors (Lipinski definition) is 3. The topological polar surface area (TPSA) is 24.9 Å². The Morgan fingerprint density at radius 2 is 2.06 bits per heavy atom. The van der Waals surface area contributed by atoms with Crippen LogP contribution in [0, 0.1) is 0 Å². The molecule has 96 valence electrons. The molecule has 0 amide bonds. The molecule has 17 heavy (non-hydrogen) atoms. The zero-order valence-corrected chi connectivity index (χ0v) is 11.9. The summed E-state index contributed by atoms with van der Waals surface area (Å²) in [7, 11) is 0. The first-order valence-electron chi connectivity index (χ1n) is 7.00. The first kappa shape index (κ1) is 13.0. The number of nitrogens with one attached hydrogen (secondary N) is 1. The first-order valence-corrected chi connectivity index (χ1v) is 7.88. The molecule has 0 aromatic carbocycles. The third-order valence-electron chi connectivity index (χ3n) is 3.70. The number of aromatic nitrogens is 1. The molecule has 1 N–H and O–H groups in total. The van der Waals surface area contributed by atoms with Crippen molar-refractivity contribution in [2.45, 2.75) is 64.3 Å². The second-order valence-corrected chi connectivity index (χ2v) is 5.97. The maximum atomic E-state index is 4.85. The van der Waals surface area contributed by atoms with E-state index in [0.29, 0.717) is 6.04 Å². The van der Waals surface area contributed by atoms with E-state index in [1.165, 1.54) is 49.2 Å². The van der Waals surface area contributed by atoms with E-state index in [1.807, 2.05) is 11.3 Å². The van der Waals surface area contributed by atoms with Crippen LogP contribution >= 0.6 is 11.3 Å². The average molecular weight is 252 g/mol. The van der Waals surface area contributed by atoms with Gasteiger partial charge in [0, 0.05) is 17.3 Å². The van der Waals surface area contributed by atoms with Crippen molar-refractivity contribution in [3.63, 3.8) is 0 Å². The largest absolute Gasteiger partial charge is 0.309 e. The van der Waals surface area contributed by atoms with E-state index >= 15 is 0 Å². The van der Waals surface area contributed by atoms with E-state index < -0.39 is 0 Å². The molecule has 0 saturated heterocycles. The number of hydrogen-bond donors (Lipinski definition) is 1. The average Bonchev–Trinajstić information content (AvgIpc) is 2.66. The third kappa shape index (κ3) is 3.52. The minimum atomic E-state index is 0.399. The predicted molar refractivity (Wildman–Crippen MR) is 74.6 cm³/mol. The Labute approximate surface area is 109 Å². The van der Waals surface area contributed by atoms with Crippen molar-refractivity contribution < 1.29 is 0 Å². The van der Waals surface area contributed by atoms with E-state index in [4.69, 9.17) is 4.98 Å². The number of nitrogens with zero attached hydrogens (tertiary/aromatic N) is 1. The molecule has 1 aromatic heterocycles. The highest BCUT2D eigenvalue weighted by atomic mass is 32.1. The van der Waals surface area contributed by atoms with E-state index in [2.05, 4.69) is 24.5 Å². The summed E-state index contributed by atoms with van der Waals surface area (Å²) < 4.78 is 0. The fraction of sp³-hybridized carbons (Fsp3) is 0.786. The van der Waals surface area contributed by atoms with Crippen molar-refractivity contribution in [2.75, 3.05) is 6.54 Å². The van der Waals surface area contributed by atoms with Gasteiger partial charge in [0.2, 0.25) is 0 Å². The highest BCUT2D eigenvalue weighted by Gasteiger charge is 2.18. The SMILES string of the molecule is CCNC(C)c1csc(C2CCCCCC2)n1. The van der Waals surface area contributed by atoms with E-state index in [1.54, 1.807) is 0 Å². The molecule has 1 atom stereocenters. The predicted octanol–water partition coefficient (Wildman–Crippen LogP) is 4.25. The van der Waals surface area contributed by atoms with E-state index in [-0.39, 0.29) is 0 Å². The van der Waals surface area contributed by atoms with Gasteiger partial charge in [-0.15, -0.1) is 11.3 Å². The Morgan fingerprint density at radius 1 is 1.35 bits per heavy atom. The minimum absolute atomic E-state index is 0.399. The van der Waals surface area contributed by atoms with Crippen LogP contribution in [0.5, 0.6) is 0 Å². The number of thiazole rings is 1. The van der Waals surface area contributed by atoms with Gasteiger partial charge in [-0.2, -0.15) is 0 Å². The van der Waals surface area contributed by atoms with Crippen molar-refractivity contribution in [1.82, 2.24) is 10.3 Å². The lowest BCUT2D eigenvalue weighted by Gasteiger charge is -2.11. The lowest BCUT2D eigenvalue weighted by molar-refractivity contribution is 0.565. The molecule has 2 nitrogen and oxygen atoms in total. The van der Waals surface area contributed by atoms with Gasteiger partial charge < -0.3 is 5.32 Å². The molecular weight excluding hydrogens is 228 g/mol. The van der Waals surface area contributed by atoms with Crippen LogP contribution < -0.4 is 5.32 Å². The molecular formula is C14H24N2S. The summed E-state index contributed by atoms with van der Waals surface area (Å²) in [5, 5.41) is 7.06. The van der Waals surface area contributed by atoms with Crippen LogP contribution in [0.4, 0.5) is 0 Å². The summed E-state index contributed by atoms with van der Waals surface area (Å²) in [6.45, 7) is 5.36. The molecule has 0 spiro atoms. The summed E-state index contributed by atoms with van der Waals surface area (Å²) in [5.41, 5.74) is 1.23. The highest BCUT2D eigenvalue weighted by Crippen LogP contribution is 2.34. The van der Waals surface area contributed by atoms with Gasteiger partial charge >= 0.3 is 0 Å². The summed E-state index contributed by atoms with van der Waals surface area (Å²) >= 11 is 1.87. The second kappa shape index (κ2) is 6.50. The van der Waals surface area contributed by atoms with Gasteiger partial charge in [0.05, 0.1) is 10.7 Å². The third-order valence-corrected chi connectivity index (χ3v) is 4.72. The molecule has 0 bridgehead atoms. The van der Waals surface area contributed by atoms with Crippen molar-refractivity contribution >= 4 is 11.3 Å². The molecule has 2 rings (SSSR count). The van der Waals surface area contributed by atoms with Crippen LogP contribution in [0.3, 0.4) is 0 Å². The van der Waals surface area contributed by atoms with Crippen molar-refractivity contribution in [3.8, 4) is 0 Å². The van der Waals surface area contributed by atoms with Crippen LogP contribution in [0.15, 0.2) is 5.38 Å². The maximum absolute atomic E-state index is 4.85. The summed E-state index contributed by atoms with van der Waals surface area (Å²) in [5.74, 6) is 0.741. The molecule has 1 fully saturated rings. The monoisotopic (exact) mass is 252 g/mol. The van der Waals surface area contributed by atoms with Crippen LogP contribution in [-0.4, -0.2) is 11.5 Å². The van der Waals surface area contributed by atoms with Crippen LogP contribution in [-0.2, 0) is 0 Å². The zero-order valence-electron chi connectivity index (χ0n) is 11.0. The normalized spacial score (nSPS) is 20.1. The summed E-state index contributed by atoms with van der Waals surface area (Å²) in [6.07, 6.45) is 8.32. The molecule has 1 heterocycles. The Morgan fingerprint density at radius 3 is 2.71 bits per heavy atom. The van der Waals surface area contributed by atoms with Crippen LogP contribution in [0.1, 0.15) is 75.0 Å². The van der Waals surface area contributed by atoms with Gasteiger partial charge in [-0.05, 0) is 26.3 Å². The molecule has 1 unspecified atom stereocenters. The van der Waals surface area contributed by atoms with Gasteiger partial charge in [-0.1, -0.05) is 32.6 Å². The highest BCUT2D eigenvalue weighted by molar-refractivity contribution is 7.09. The minimum Gasteiger partial charge on any atom is -0.309 e. The second-order valence-electron chi connectivity index (χ2n) is 5.08. The Bertz CT molecular complexity index is 327. The summed E-state index contributed by atoms with van der Waals surface area (Å²) in [4.78, 5) is 4.85. The molecule has 1 aliphatic rings. The van der Waals surface area contributed by atoms with Crippen LogP contribution in [0.2, 0.25) is 0 Å². The lowest BCUT2D eigenvalue weighted by Crippen LogP contribution is -2.18. The maximum Gasteiger partial charge on any atom is 0.0959 e.